The standard InChI is InChI=1S/C30H37F4N7O2/c1-18-11-22-21(13-35-38-22)25(24(18)30(32,33)34)39-10-5-20-23(15-39)36-27(37-26(20)40-8-3-6-28(2,42)16-40)43-17-29-7-4-9-41(29)14-19(31)12-29/h11,13,19,42H,3-10,12,14-17H2,1-2H3,(H,35,38)/t19-,28-,29+/m1/s1. The SMILES string of the molecule is Cc1cc2[nH]ncc2c(N2CCc3c(nc(OC[C@@]45CCCN4C[C@H](F)C5)nc3N3CCC[C@@](C)(O)C3)C2)c1C(F)(F)F. The maximum Gasteiger partial charge on any atom is 0.418 e. The van der Waals surface area contributed by atoms with Crippen LogP contribution >= 0.6 is 0 Å². The lowest BCUT2D eigenvalue weighted by atomic mass is 9.94. The van der Waals surface area contributed by atoms with E-state index in [9.17, 15) is 22.7 Å². The molecule has 2 aromatic heterocycles. The number of anilines is 2. The van der Waals surface area contributed by atoms with Crippen LogP contribution in [0.3, 0.4) is 0 Å². The minimum atomic E-state index is -4.56. The van der Waals surface area contributed by atoms with E-state index in [1.165, 1.54) is 19.2 Å². The molecule has 0 amide bonds. The van der Waals surface area contributed by atoms with Gasteiger partial charge in [-0.3, -0.25) is 10.00 Å². The summed E-state index contributed by atoms with van der Waals surface area (Å²) in [6, 6.07) is 1.62. The molecule has 2 N–H and O–H groups in total. The van der Waals surface area contributed by atoms with Gasteiger partial charge in [0, 0.05) is 43.5 Å². The third-order valence-corrected chi connectivity index (χ3v) is 9.74. The highest BCUT2D eigenvalue weighted by Gasteiger charge is 2.49. The Hall–Kier alpha value is -3.19. The molecule has 3 fully saturated rings. The van der Waals surface area contributed by atoms with Crippen LogP contribution in [0.5, 0.6) is 6.01 Å². The van der Waals surface area contributed by atoms with Gasteiger partial charge in [0.05, 0.1) is 46.3 Å². The van der Waals surface area contributed by atoms with Gasteiger partial charge in [-0.15, -0.1) is 0 Å². The van der Waals surface area contributed by atoms with E-state index in [4.69, 9.17) is 14.7 Å². The van der Waals surface area contributed by atoms with E-state index in [2.05, 4.69) is 15.1 Å². The first-order chi connectivity index (χ1) is 20.4. The second-order valence-corrected chi connectivity index (χ2v) is 13.1. The van der Waals surface area contributed by atoms with Crippen LogP contribution < -0.4 is 14.5 Å². The number of aromatic nitrogens is 4. The molecule has 6 heterocycles. The molecule has 0 radical (unpaired) electrons. The van der Waals surface area contributed by atoms with E-state index in [1.807, 2.05) is 4.90 Å². The van der Waals surface area contributed by atoms with E-state index in [-0.39, 0.29) is 30.4 Å². The van der Waals surface area contributed by atoms with E-state index in [1.54, 1.807) is 11.8 Å². The minimum absolute atomic E-state index is 0.0888. The molecule has 7 rings (SSSR count). The molecule has 1 aromatic carbocycles. The number of nitrogens with zero attached hydrogens (tertiary/aromatic N) is 6. The van der Waals surface area contributed by atoms with Crippen LogP contribution in [0.2, 0.25) is 0 Å². The summed E-state index contributed by atoms with van der Waals surface area (Å²) in [6.07, 6.45) is 0.0786. The lowest BCUT2D eigenvalue weighted by molar-refractivity contribution is -0.137. The fourth-order valence-electron chi connectivity index (χ4n) is 7.85. The van der Waals surface area contributed by atoms with Gasteiger partial charge in [0.25, 0.3) is 0 Å². The van der Waals surface area contributed by atoms with Crippen molar-refractivity contribution in [2.75, 3.05) is 49.1 Å². The number of halogens is 4. The smallest absolute Gasteiger partial charge is 0.418 e. The van der Waals surface area contributed by atoms with Crippen molar-refractivity contribution in [2.45, 2.75) is 82.4 Å². The van der Waals surface area contributed by atoms with Crippen LogP contribution in [0.15, 0.2) is 12.3 Å². The van der Waals surface area contributed by atoms with E-state index in [0.29, 0.717) is 67.9 Å². The fourth-order valence-corrected chi connectivity index (χ4v) is 7.85. The van der Waals surface area contributed by atoms with Crippen molar-refractivity contribution in [1.82, 2.24) is 25.1 Å². The summed E-state index contributed by atoms with van der Waals surface area (Å²) in [5, 5.41) is 18.1. The molecule has 3 saturated heterocycles. The number of β-amino-alcohol motifs (C(OH)–C–C–N with tert-alkyl or cyclic N) is 1. The number of hydrogen-bond donors (Lipinski definition) is 2. The van der Waals surface area contributed by atoms with Crippen LogP contribution in [0.4, 0.5) is 29.1 Å². The molecule has 43 heavy (non-hydrogen) atoms. The average Bonchev–Trinajstić information content (AvgIpc) is 3.63. The Bertz CT molecular complexity index is 1540. The van der Waals surface area contributed by atoms with Crippen LogP contribution in [0.25, 0.3) is 10.9 Å². The normalized spacial score (nSPS) is 28.0. The van der Waals surface area contributed by atoms with Gasteiger partial charge in [0.15, 0.2) is 0 Å². The second kappa shape index (κ2) is 10.2. The summed E-state index contributed by atoms with van der Waals surface area (Å²) in [4.78, 5) is 15.5. The molecule has 4 aliphatic heterocycles. The summed E-state index contributed by atoms with van der Waals surface area (Å²) < 4.78 is 64.0. The Morgan fingerprint density at radius 2 is 1.95 bits per heavy atom. The number of alkyl halides is 4. The Balaban J connectivity index is 1.27. The first kappa shape index (κ1) is 28.6. The van der Waals surface area contributed by atoms with Gasteiger partial charge in [-0.25, -0.2) is 4.39 Å². The van der Waals surface area contributed by atoms with Gasteiger partial charge in [0.2, 0.25) is 0 Å². The minimum Gasteiger partial charge on any atom is -0.461 e. The molecule has 0 unspecified atom stereocenters. The first-order valence-electron chi connectivity index (χ1n) is 15.1. The number of H-pyrrole nitrogens is 1. The third kappa shape index (κ3) is 5.07. The fraction of sp³-hybridized carbons (Fsp3) is 0.633. The monoisotopic (exact) mass is 603 g/mol. The highest BCUT2D eigenvalue weighted by molar-refractivity contribution is 5.95. The Labute approximate surface area is 247 Å². The molecule has 9 nitrogen and oxygen atoms in total. The molecule has 3 aromatic rings. The molecule has 3 atom stereocenters. The average molecular weight is 604 g/mol. The predicted molar refractivity (Wildman–Crippen MR) is 153 cm³/mol. The highest BCUT2D eigenvalue weighted by Crippen LogP contribution is 2.45. The summed E-state index contributed by atoms with van der Waals surface area (Å²) in [5.41, 5.74) is 0.242. The van der Waals surface area contributed by atoms with Crippen LogP contribution in [0.1, 0.15) is 61.4 Å². The number of benzene rings is 1. The zero-order chi connectivity index (χ0) is 30.1. The number of aromatic amines is 1. The van der Waals surface area contributed by atoms with Crippen LogP contribution in [0, 0.1) is 6.92 Å². The largest absolute Gasteiger partial charge is 0.461 e. The quantitative estimate of drug-likeness (QED) is 0.411. The zero-order valence-electron chi connectivity index (χ0n) is 24.5. The molecule has 0 spiro atoms. The van der Waals surface area contributed by atoms with E-state index in [0.717, 1.165) is 31.4 Å². The number of aryl methyl sites for hydroxylation is 1. The number of aliphatic hydroxyl groups is 1. The number of hydrogen-bond acceptors (Lipinski definition) is 8. The summed E-state index contributed by atoms with van der Waals surface area (Å²) in [5.74, 6) is 0.656. The number of rotatable bonds is 5. The number of piperidine rings is 1. The Morgan fingerprint density at radius 1 is 1.14 bits per heavy atom. The molecule has 4 aliphatic rings. The molecule has 0 saturated carbocycles. The zero-order valence-corrected chi connectivity index (χ0v) is 24.5. The molecule has 0 aliphatic carbocycles. The van der Waals surface area contributed by atoms with E-state index < -0.39 is 29.1 Å². The van der Waals surface area contributed by atoms with Gasteiger partial charge in [-0.05, 0) is 64.1 Å². The number of ether oxygens (including phenoxy) is 1. The molecular formula is C30H37F4N7O2. The van der Waals surface area contributed by atoms with Gasteiger partial charge in [-0.2, -0.15) is 28.2 Å². The van der Waals surface area contributed by atoms with Gasteiger partial charge < -0.3 is 19.6 Å². The van der Waals surface area contributed by atoms with Crippen LogP contribution in [-0.4, -0.2) is 86.8 Å². The van der Waals surface area contributed by atoms with Gasteiger partial charge >= 0.3 is 12.2 Å². The maximum absolute atomic E-state index is 14.5. The van der Waals surface area contributed by atoms with Gasteiger partial charge in [-0.1, -0.05) is 0 Å². The molecule has 0 bridgehead atoms. The van der Waals surface area contributed by atoms with E-state index >= 15 is 0 Å². The Morgan fingerprint density at radius 3 is 2.74 bits per heavy atom. The van der Waals surface area contributed by atoms with Crippen molar-refractivity contribution in [3.8, 4) is 6.01 Å². The summed E-state index contributed by atoms with van der Waals surface area (Å²) >= 11 is 0. The summed E-state index contributed by atoms with van der Waals surface area (Å²) in [7, 11) is 0. The van der Waals surface area contributed by atoms with Crippen molar-refractivity contribution >= 4 is 22.4 Å². The number of nitrogens with one attached hydrogen (secondary N) is 1. The predicted octanol–water partition coefficient (Wildman–Crippen LogP) is 4.55. The first-order valence-corrected chi connectivity index (χ1v) is 15.1. The van der Waals surface area contributed by atoms with Crippen molar-refractivity contribution in [1.29, 1.82) is 0 Å². The number of fused-ring (bicyclic) bond motifs is 3. The van der Waals surface area contributed by atoms with Crippen molar-refractivity contribution < 1.29 is 27.4 Å². The summed E-state index contributed by atoms with van der Waals surface area (Å²) in [6.45, 7) is 6.28. The topological polar surface area (TPSA) is 93.6 Å². The molecule has 232 valence electrons. The highest BCUT2D eigenvalue weighted by atomic mass is 19.4. The third-order valence-electron chi connectivity index (χ3n) is 9.74. The van der Waals surface area contributed by atoms with Crippen molar-refractivity contribution in [2.24, 2.45) is 0 Å². The van der Waals surface area contributed by atoms with Gasteiger partial charge in [0.1, 0.15) is 18.6 Å². The van der Waals surface area contributed by atoms with Crippen LogP contribution in [-0.2, 0) is 19.1 Å². The Kier molecular flexibility index (Phi) is 6.77. The second-order valence-electron chi connectivity index (χ2n) is 13.1. The molecular weight excluding hydrogens is 566 g/mol. The lowest BCUT2D eigenvalue weighted by Crippen LogP contribution is -2.47. The lowest BCUT2D eigenvalue weighted by Gasteiger charge is -2.40. The van der Waals surface area contributed by atoms with Crippen molar-refractivity contribution in [3.05, 3.63) is 34.6 Å². The molecule has 13 heteroatoms. The maximum atomic E-state index is 14.5. The van der Waals surface area contributed by atoms with Crippen molar-refractivity contribution in [3.63, 3.8) is 0 Å².